The maximum Gasteiger partial charge on any atom is 0.266 e. The molecule has 1 unspecified atom stereocenters. The van der Waals surface area contributed by atoms with Gasteiger partial charge in [-0.3, -0.25) is 10.2 Å². The summed E-state index contributed by atoms with van der Waals surface area (Å²) in [5, 5.41) is 7.37. The summed E-state index contributed by atoms with van der Waals surface area (Å²) in [5.41, 5.74) is 5.25. The van der Waals surface area contributed by atoms with E-state index in [1.165, 1.54) is 6.33 Å². The maximum atomic E-state index is 11.5. The molecule has 2 rings (SSSR count). The summed E-state index contributed by atoms with van der Waals surface area (Å²) in [6, 6.07) is 0. The second kappa shape index (κ2) is 5.00. The fourth-order valence-electron chi connectivity index (χ4n) is 1.62. The number of hydrogen-bond donors (Lipinski definition) is 3. The van der Waals surface area contributed by atoms with E-state index < -0.39 is 6.10 Å². The highest BCUT2D eigenvalue weighted by Gasteiger charge is 2.25. The van der Waals surface area contributed by atoms with Gasteiger partial charge in [0, 0.05) is 6.54 Å². The van der Waals surface area contributed by atoms with Crippen LogP contribution in [0.2, 0.25) is 0 Å². The standard InChI is InChI=1S/C9H12IN5O2/c10-6-8(13-4-14-9(6)16)15-1-2-17-5(3-15)7(11)12/h4-5H,1-3H2,(H3,11,12)(H,13,14,16). The molecule has 1 saturated heterocycles. The quantitative estimate of drug-likeness (QED) is 0.380. The topological polar surface area (TPSA) is 108 Å². The summed E-state index contributed by atoms with van der Waals surface area (Å²) < 4.78 is 5.89. The summed E-state index contributed by atoms with van der Waals surface area (Å²) in [7, 11) is 0. The van der Waals surface area contributed by atoms with Crippen molar-refractivity contribution in [3.63, 3.8) is 0 Å². The second-order valence-electron chi connectivity index (χ2n) is 3.63. The Morgan fingerprint density at radius 3 is 3.24 bits per heavy atom. The number of aromatic nitrogens is 2. The number of anilines is 1. The van der Waals surface area contributed by atoms with E-state index in [-0.39, 0.29) is 11.4 Å². The van der Waals surface area contributed by atoms with E-state index in [0.717, 1.165) is 0 Å². The maximum absolute atomic E-state index is 11.5. The van der Waals surface area contributed by atoms with E-state index in [9.17, 15) is 4.79 Å². The van der Waals surface area contributed by atoms with Gasteiger partial charge in [-0.15, -0.1) is 0 Å². The van der Waals surface area contributed by atoms with Gasteiger partial charge in [0.1, 0.15) is 21.3 Å². The van der Waals surface area contributed by atoms with Crippen molar-refractivity contribution in [2.75, 3.05) is 24.6 Å². The van der Waals surface area contributed by atoms with Crippen molar-refractivity contribution in [1.29, 1.82) is 5.41 Å². The Hall–Kier alpha value is -1.16. The molecule has 7 nitrogen and oxygen atoms in total. The molecule has 0 aromatic carbocycles. The molecule has 1 fully saturated rings. The molecule has 2 heterocycles. The third-order valence-electron chi connectivity index (χ3n) is 2.49. The first-order valence-electron chi connectivity index (χ1n) is 5.03. The zero-order chi connectivity index (χ0) is 12.4. The molecule has 1 aliphatic rings. The van der Waals surface area contributed by atoms with Gasteiger partial charge in [0.25, 0.3) is 5.56 Å². The number of hydrogen-bond acceptors (Lipinski definition) is 5. The van der Waals surface area contributed by atoms with Crippen molar-refractivity contribution in [2.45, 2.75) is 6.10 Å². The smallest absolute Gasteiger partial charge is 0.266 e. The lowest BCUT2D eigenvalue weighted by molar-refractivity contribution is 0.0822. The molecule has 8 heteroatoms. The van der Waals surface area contributed by atoms with Gasteiger partial charge in [-0.25, -0.2) is 4.98 Å². The lowest BCUT2D eigenvalue weighted by atomic mass is 10.2. The average Bonchev–Trinajstić information content (AvgIpc) is 2.33. The summed E-state index contributed by atoms with van der Waals surface area (Å²) in [6.07, 6.45) is 0.943. The van der Waals surface area contributed by atoms with Crippen LogP contribution in [0.3, 0.4) is 0 Å². The third-order valence-corrected chi connectivity index (χ3v) is 3.46. The number of nitrogens with zero attached hydrogens (tertiary/aromatic N) is 2. The van der Waals surface area contributed by atoms with Gasteiger partial charge < -0.3 is 20.4 Å². The van der Waals surface area contributed by atoms with Gasteiger partial charge in [-0.05, 0) is 22.6 Å². The van der Waals surface area contributed by atoms with Gasteiger partial charge in [0.05, 0.1) is 19.5 Å². The predicted molar refractivity (Wildman–Crippen MR) is 71.4 cm³/mol. The Bertz CT molecular complexity index is 489. The van der Waals surface area contributed by atoms with Crippen molar-refractivity contribution in [2.24, 2.45) is 5.73 Å². The Labute approximate surface area is 111 Å². The first kappa shape index (κ1) is 12.3. The van der Waals surface area contributed by atoms with E-state index in [4.69, 9.17) is 15.9 Å². The van der Waals surface area contributed by atoms with Crippen molar-refractivity contribution in [3.8, 4) is 0 Å². The second-order valence-corrected chi connectivity index (χ2v) is 4.71. The van der Waals surface area contributed by atoms with E-state index >= 15 is 0 Å². The monoisotopic (exact) mass is 349 g/mol. The molecule has 0 radical (unpaired) electrons. The zero-order valence-electron chi connectivity index (χ0n) is 8.94. The molecule has 0 bridgehead atoms. The molecular weight excluding hydrogens is 337 g/mol. The summed E-state index contributed by atoms with van der Waals surface area (Å²) in [5.74, 6) is 0.610. The van der Waals surface area contributed by atoms with Crippen LogP contribution < -0.4 is 16.2 Å². The SMILES string of the molecule is N=C(N)C1CN(c2nc[nH]c(=O)c2I)CCO1. The Kier molecular flexibility index (Phi) is 3.62. The first-order chi connectivity index (χ1) is 8.09. The molecule has 0 spiro atoms. The number of ether oxygens (including phenoxy) is 1. The average molecular weight is 349 g/mol. The van der Waals surface area contributed by atoms with Crippen molar-refractivity contribution in [3.05, 3.63) is 20.3 Å². The Balaban J connectivity index is 2.25. The van der Waals surface area contributed by atoms with Gasteiger partial charge in [0.15, 0.2) is 0 Å². The van der Waals surface area contributed by atoms with Gasteiger partial charge in [0.2, 0.25) is 0 Å². The molecule has 0 saturated carbocycles. The fourth-order valence-corrected chi connectivity index (χ4v) is 2.26. The number of rotatable bonds is 2. The van der Waals surface area contributed by atoms with Crippen LogP contribution in [-0.4, -0.2) is 41.6 Å². The number of amidine groups is 1. The van der Waals surface area contributed by atoms with Crippen LogP contribution in [0.1, 0.15) is 0 Å². The molecule has 17 heavy (non-hydrogen) atoms. The van der Waals surface area contributed by atoms with Crippen molar-refractivity contribution in [1.82, 2.24) is 9.97 Å². The molecule has 0 amide bonds. The van der Waals surface area contributed by atoms with Crippen molar-refractivity contribution >= 4 is 34.2 Å². The van der Waals surface area contributed by atoms with Crippen LogP contribution in [0.4, 0.5) is 5.82 Å². The molecule has 92 valence electrons. The largest absolute Gasteiger partial charge is 0.385 e. The summed E-state index contributed by atoms with van der Waals surface area (Å²) >= 11 is 1.96. The molecule has 0 aliphatic carbocycles. The number of aromatic amines is 1. The normalized spacial score (nSPS) is 20.3. The highest BCUT2D eigenvalue weighted by molar-refractivity contribution is 14.1. The molecule has 1 aromatic heterocycles. The van der Waals surface area contributed by atoms with Crippen LogP contribution in [-0.2, 0) is 4.74 Å². The minimum absolute atomic E-state index is 0.00505. The minimum atomic E-state index is -0.430. The summed E-state index contributed by atoms with van der Waals surface area (Å²) in [4.78, 5) is 20.0. The molecule has 1 aromatic rings. The van der Waals surface area contributed by atoms with Crippen LogP contribution in [0.25, 0.3) is 0 Å². The van der Waals surface area contributed by atoms with Gasteiger partial charge >= 0.3 is 0 Å². The van der Waals surface area contributed by atoms with E-state index in [1.807, 2.05) is 27.5 Å². The highest BCUT2D eigenvalue weighted by Crippen LogP contribution is 2.18. The molecule has 4 N–H and O–H groups in total. The number of nitrogens with two attached hydrogens (primary N) is 1. The van der Waals surface area contributed by atoms with Gasteiger partial charge in [-0.1, -0.05) is 0 Å². The molecule has 1 aliphatic heterocycles. The van der Waals surface area contributed by atoms with Gasteiger partial charge in [-0.2, -0.15) is 0 Å². The van der Waals surface area contributed by atoms with Crippen LogP contribution >= 0.6 is 22.6 Å². The van der Waals surface area contributed by atoms with Crippen LogP contribution in [0, 0.1) is 8.98 Å². The first-order valence-corrected chi connectivity index (χ1v) is 6.11. The molecule has 1 atom stereocenters. The predicted octanol–water partition coefficient (Wildman–Crippen LogP) is -0.484. The van der Waals surface area contributed by atoms with Crippen LogP contribution in [0.5, 0.6) is 0 Å². The van der Waals surface area contributed by atoms with Crippen LogP contribution in [0.15, 0.2) is 11.1 Å². The minimum Gasteiger partial charge on any atom is -0.385 e. The van der Waals surface area contributed by atoms with Crippen molar-refractivity contribution < 1.29 is 4.74 Å². The third kappa shape index (κ3) is 2.57. The number of nitrogens with one attached hydrogen (secondary N) is 2. The lowest BCUT2D eigenvalue weighted by Crippen LogP contribution is -2.49. The van der Waals surface area contributed by atoms with E-state index in [0.29, 0.717) is 29.1 Å². The highest BCUT2D eigenvalue weighted by atomic mass is 127. The lowest BCUT2D eigenvalue weighted by Gasteiger charge is -2.33. The zero-order valence-corrected chi connectivity index (χ0v) is 11.1. The number of morpholine rings is 1. The summed E-state index contributed by atoms with van der Waals surface area (Å²) in [6.45, 7) is 1.55. The number of H-pyrrole nitrogens is 1. The Morgan fingerprint density at radius 1 is 1.76 bits per heavy atom. The number of halogens is 1. The van der Waals surface area contributed by atoms with E-state index in [2.05, 4.69) is 9.97 Å². The molecular formula is C9H12IN5O2. The fraction of sp³-hybridized carbons (Fsp3) is 0.444. The Morgan fingerprint density at radius 2 is 2.53 bits per heavy atom. The van der Waals surface area contributed by atoms with E-state index in [1.54, 1.807) is 0 Å².